The standard InChI is InChI=1S/C16H25NO/c1-4-11-18-15-9-7-14(8-10-15)16(17-3)12(2)13-5-6-13/h7-10,12-13,16-17H,4-6,11H2,1-3H3. The third-order valence-electron chi connectivity index (χ3n) is 3.91. The molecule has 0 aromatic heterocycles. The average molecular weight is 247 g/mol. The first kappa shape index (κ1) is 13.4. The fraction of sp³-hybridized carbons (Fsp3) is 0.625. The van der Waals surface area contributed by atoms with E-state index in [-0.39, 0.29) is 0 Å². The summed E-state index contributed by atoms with van der Waals surface area (Å²) in [5.41, 5.74) is 1.38. The highest BCUT2D eigenvalue weighted by Gasteiger charge is 2.33. The molecule has 0 heterocycles. The Balaban J connectivity index is 2.01. The van der Waals surface area contributed by atoms with Gasteiger partial charge in [-0.05, 0) is 55.8 Å². The smallest absolute Gasteiger partial charge is 0.119 e. The maximum absolute atomic E-state index is 5.62. The minimum Gasteiger partial charge on any atom is -0.494 e. The highest BCUT2D eigenvalue weighted by Crippen LogP contribution is 2.42. The van der Waals surface area contributed by atoms with E-state index < -0.39 is 0 Å². The topological polar surface area (TPSA) is 21.3 Å². The third kappa shape index (κ3) is 3.26. The van der Waals surface area contributed by atoms with Crippen LogP contribution in [0.3, 0.4) is 0 Å². The van der Waals surface area contributed by atoms with Crippen molar-refractivity contribution in [3.63, 3.8) is 0 Å². The largest absolute Gasteiger partial charge is 0.494 e. The van der Waals surface area contributed by atoms with E-state index in [1.807, 2.05) is 0 Å². The molecule has 1 aromatic carbocycles. The Morgan fingerprint density at radius 1 is 1.28 bits per heavy atom. The molecule has 0 saturated heterocycles. The van der Waals surface area contributed by atoms with Crippen LogP contribution in [-0.4, -0.2) is 13.7 Å². The van der Waals surface area contributed by atoms with Crippen LogP contribution in [0.25, 0.3) is 0 Å². The molecular formula is C16H25NO. The molecular weight excluding hydrogens is 222 g/mol. The average Bonchev–Trinajstić information content (AvgIpc) is 3.23. The zero-order valence-corrected chi connectivity index (χ0v) is 11.8. The number of hydrogen-bond donors (Lipinski definition) is 1. The van der Waals surface area contributed by atoms with E-state index in [2.05, 4.69) is 50.5 Å². The second kappa shape index (κ2) is 6.24. The second-order valence-corrected chi connectivity index (χ2v) is 5.38. The number of hydrogen-bond acceptors (Lipinski definition) is 2. The summed E-state index contributed by atoms with van der Waals surface area (Å²) < 4.78 is 5.62. The Morgan fingerprint density at radius 2 is 1.94 bits per heavy atom. The highest BCUT2D eigenvalue weighted by atomic mass is 16.5. The molecule has 1 aliphatic carbocycles. The van der Waals surface area contributed by atoms with Crippen molar-refractivity contribution in [2.24, 2.45) is 11.8 Å². The SMILES string of the molecule is CCCOc1ccc(C(NC)C(C)C2CC2)cc1. The summed E-state index contributed by atoms with van der Waals surface area (Å²) in [6.45, 7) is 5.29. The lowest BCUT2D eigenvalue weighted by Crippen LogP contribution is -2.24. The Hall–Kier alpha value is -1.02. The van der Waals surface area contributed by atoms with E-state index >= 15 is 0 Å². The summed E-state index contributed by atoms with van der Waals surface area (Å²) in [5, 5.41) is 3.46. The Kier molecular flexibility index (Phi) is 4.65. The van der Waals surface area contributed by atoms with E-state index in [4.69, 9.17) is 4.74 Å². The molecule has 1 fully saturated rings. The normalized spacial score (nSPS) is 18.4. The summed E-state index contributed by atoms with van der Waals surface area (Å²) >= 11 is 0. The van der Waals surface area contributed by atoms with Gasteiger partial charge in [-0.3, -0.25) is 0 Å². The van der Waals surface area contributed by atoms with E-state index in [1.165, 1.54) is 18.4 Å². The zero-order chi connectivity index (χ0) is 13.0. The third-order valence-corrected chi connectivity index (χ3v) is 3.91. The Morgan fingerprint density at radius 3 is 2.44 bits per heavy atom. The van der Waals surface area contributed by atoms with Crippen LogP contribution in [0.4, 0.5) is 0 Å². The van der Waals surface area contributed by atoms with Crippen LogP contribution >= 0.6 is 0 Å². The first-order valence-electron chi connectivity index (χ1n) is 7.16. The minimum atomic E-state index is 0.470. The molecule has 100 valence electrons. The van der Waals surface area contributed by atoms with E-state index in [0.29, 0.717) is 6.04 Å². The summed E-state index contributed by atoms with van der Waals surface area (Å²) in [7, 11) is 2.06. The highest BCUT2D eigenvalue weighted by molar-refractivity contribution is 5.29. The van der Waals surface area contributed by atoms with E-state index in [0.717, 1.165) is 30.6 Å². The summed E-state index contributed by atoms with van der Waals surface area (Å²) in [6.07, 6.45) is 3.85. The van der Waals surface area contributed by atoms with Gasteiger partial charge in [0.2, 0.25) is 0 Å². The fourth-order valence-corrected chi connectivity index (χ4v) is 2.62. The van der Waals surface area contributed by atoms with Crippen LogP contribution in [0, 0.1) is 11.8 Å². The van der Waals surface area contributed by atoms with Gasteiger partial charge < -0.3 is 10.1 Å². The van der Waals surface area contributed by atoms with Gasteiger partial charge in [0.05, 0.1) is 6.61 Å². The summed E-state index contributed by atoms with van der Waals surface area (Å²) in [4.78, 5) is 0. The molecule has 0 spiro atoms. The predicted octanol–water partition coefficient (Wildman–Crippen LogP) is 3.78. The first-order valence-corrected chi connectivity index (χ1v) is 7.16. The van der Waals surface area contributed by atoms with Crippen LogP contribution in [0.2, 0.25) is 0 Å². The van der Waals surface area contributed by atoms with Gasteiger partial charge in [0.25, 0.3) is 0 Å². The molecule has 2 heteroatoms. The molecule has 0 bridgehead atoms. The quantitative estimate of drug-likeness (QED) is 0.791. The van der Waals surface area contributed by atoms with Gasteiger partial charge in [0.15, 0.2) is 0 Å². The molecule has 2 unspecified atom stereocenters. The predicted molar refractivity (Wildman–Crippen MR) is 75.9 cm³/mol. The summed E-state index contributed by atoms with van der Waals surface area (Å²) in [5.74, 6) is 2.62. The Bertz CT molecular complexity index is 356. The van der Waals surface area contributed by atoms with Crippen LogP contribution in [0.5, 0.6) is 5.75 Å². The molecule has 1 saturated carbocycles. The van der Waals surface area contributed by atoms with Gasteiger partial charge in [0.1, 0.15) is 5.75 Å². The lowest BCUT2D eigenvalue weighted by Gasteiger charge is -2.24. The van der Waals surface area contributed by atoms with E-state index in [1.54, 1.807) is 0 Å². The number of benzene rings is 1. The van der Waals surface area contributed by atoms with Crippen LogP contribution in [0.1, 0.15) is 44.7 Å². The first-order chi connectivity index (χ1) is 8.76. The van der Waals surface area contributed by atoms with Gasteiger partial charge in [-0.1, -0.05) is 26.0 Å². The Labute approximate surface area is 111 Å². The van der Waals surface area contributed by atoms with Crippen molar-refractivity contribution in [1.29, 1.82) is 0 Å². The molecule has 2 atom stereocenters. The van der Waals surface area contributed by atoms with Gasteiger partial charge in [-0.15, -0.1) is 0 Å². The molecule has 0 radical (unpaired) electrons. The lowest BCUT2D eigenvalue weighted by atomic mass is 9.91. The van der Waals surface area contributed by atoms with Crippen LogP contribution < -0.4 is 10.1 Å². The minimum absolute atomic E-state index is 0.470. The summed E-state index contributed by atoms with van der Waals surface area (Å²) in [6, 6.07) is 9.05. The molecule has 0 aliphatic heterocycles. The lowest BCUT2D eigenvalue weighted by molar-refractivity contribution is 0.316. The molecule has 1 aliphatic rings. The molecule has 18 heavy (non-hydrogen) atoms. The van der Waals surface area contributed by atoms with E-state index in [9.17, 15) is 0 Å². The van der Waals surface area contributed by atoms with Crippen molar-refractivity contribution in [1.82, 2.24) is 5.32 Å². The van der Waals surface area contributed by atoms with Gasteiger partial charge in [0, 0.05) is 6.04 Å². The molecule has 2 rings (SSSR count). The van der Waals surface area contributed by atoms with Gasteiger partial charge in [-0.25, -0.2) is 0 Å². The number of rotatable bonds is 7. The second-order valence-electron chi connectivity index (χ2n) is 5.38. The number of nitrogens with one attached hydrogen (secondary N) is 1. The van der Waals surface area contributed by atoms with Crippen molar-refractivity contribution in [3.05, 3.63) is 29.8 Å². The maximum atomic E-state index is 5.62. The monoisotopic (exact) mass is 247 g/mol. The van der Waals surface area contributed by atoms with Crippen LogP contribution in [0.15, 0.2) is 24.3 Å². The van der Waals surface area contributed by atoms with Crippen molar-refractivity contribution in [2.75, 3.05) is 13.7 Å². The zero-order valence-electron chi connectivity index (χ0n) is 11.8. The van der Waals surface area contributed by atoms with Crippen molar-refractivity contribution in [3.8, 4) is 5.75 Å². The molecule has 1 N–H and O–H groups in total. The van der Waals surface area contributed by atoms with Gasteiger partial charge in [-0.2, -0.15) is 0 Å². The molecule has 0 amide bonds. The van der Waals surface area contributed by atoms with Crippen LogP contribution in [-0.2, 0) is 0 Å². The maximum Gasteiger partial charge on any atom is 0.119 e. The molecule has 2 nitrogen and oxygen atoms in total. The van der Waals surface area contributed by atoms with Gasteiger partial charge >= 0.3 is 0 Å². The van der Waals surface area contributed by atoms with Crippen molar-refractivity contribution < 1.29 is 4.74 Å². The number of ether oxygens (including phenoxy) is 1. The fourth-order valence-electron chi connectivity index (χ4n) is 2.62. The van der Waals surface area contributed by atoms with Crippen molar-refractivity contribution >= 4 is 0 Å². The molecule has 1 aromatic rings. The van der Waals surface area contributed by atoms with Crippen molar-refractivity contribution in [2.45, 2.75) is 39.2 Å².